The summed E-state index contributed by atoms with van der Waals surface area (Å²) in [6.07, 6.45) is 4.96. The van der Waals surface area contributed by atoms with Crippen LogP contribution in [0.25, 0.3) is 0 Å². The quantitative estimate of drug-likeness (QED) is 0.900. The number of carbonyl (C=O) groups excluding carboxylic acids is 1. The van der Waals surface area contributed by atoms with E-state index in [1.54, 1.807) is 15.8 Å². The monoisotopic (exact) mass is 305 g/mol. The number of aromatic nitrogens is 2. The van der Waals surface area contributed by atoms with Crippen LogP contribution < -0.4 is 0 Å². The highest BCUT2D eigenvalue weighted by molar-refractivity contribution is 5.95. The lowest BCUT2D eigenvalue weighted by molar-refractivity contribution is -0.142. The molecule has 2 heterocycles. The normalized spacial score (nSPS) is 24.7. The zero-order chi connectivity index (χ0) is 15.9. The number of amides is 1. The van der Waals surface area contributed by atoms with E-state index >= 15 is 0 Å². The molecule has 2 fully saturated rings. The number of hydrogen-bond donors (Lipinski definition) is 1. The van der Waals surface area contributed by atoms with Crippen LogP contribution in [0.2, 0.25) is 0 Å². The minimum absolute atomic E-state index is 0.0748. The van der Waals surface area contributed by atoms with Gasteiger partial charge < -0.3 is 10.0 Å². The molecule has 22 heavy (non-hydrogen) atoms. The second kappa shape index (κ2) is 5.74. The summed E-state index contributed by atoms with van der Waals surface area (Å²) >= 11 is 0. The maximum atomic E-state index is 12.7. The predicted octanol–water partition coefficient (Wildman–Crippen LogP) is 1.78. The number of aliphatic carboxylic acids is 1. The summed E-state index contributed by atoms with van der Waals surface area (Å²) in [5, 5.41) is 13.8. The SMILES string of the molecule is CCCn1cc(C(=O)N2CC(C(=O)O)C(C3CC3)C2)c(C)n1. The van der Waals surface area contributed by atoms with Gasteiger partial charge in [-0.1, -0.05) is 6.92 Å². The van der Waals surface area contributed by atoms with Gasteiger partial charge in [0, 0.05) is 25.8 Å². The zero-order valence-corrected chi connectivity index (χ0v) is 13.2. The molecule has 2 unspecified atom stereocenters. The number of carboxylic acids is 1. The second-order valence-electron chi connectivity index (χ2n) is 6.55. The molecule has 3 rings (SSSR count). The smallest absolute Gasteiger partial charge is 0.308 e. The predicted molar refractivity (Wildman–Crippen MR) is 80.5 cm³/mol. The van der Waals surface area contributed by atoms with E-state index in [4.69, 9.17) is 0 Å². The maximum Gasteiger partial charge on any atom is 0.308 e. The third-order valence-electron chi connectivity index (χ3n) is 4.83. The van der Waals surface area contributed by atoms with Crippen molar-refractivity contribution in [2.75, 3.05) is 13.1 Å². The van der Waals surface area contributed by atoms with Crippen LogP contribution in [-0.4, -0.2) is 44.8 Å². The van der Waals surface area contributed by atoms with Crippen molar-refractivity contribution in [1.29, 1.82) is 0 Å². The molecule has 1 aromatic rings. The fraction of sp³-hybridized carbons (Fsp3) is 0.688. The van der Waals surface area contributed by atoms with E-state index in [2.05, 4.69) is 12.0 Å². The summed E-state index contributed by atoms with van der Waals surface area (Å²) in [5.41, 5.74) is 1.33. The number of nitrogens with zero attached hydrogens (tertiary/aromatic N) is 3. The van der Waals surface area contributed by atoms with Crippen LogP contribution >= 0.6 is 0 Å². The van der Waals surface area contributed by atoms with Crippen molar-refractivity contribution in [3.05, 3.63) is 17.5 Å². The molecule has 6 nitrogen and oxygen atoms in total. The van der Waals surface area contributed by atoms with Crippen LogP contribution in [0.4, 0.5) is 0 Å². The van der Waals surface area contributed by atoms with Gasteiger partial charge in [0.05, 0.1) is 17.2 Å². The Bertz CT molecular complexity index is 591. The first-order chi connectivity index (χ1) is 10.5. The Hall–Kier alpha value is -1.85. The van der Waals surface area contributed by atoms with Crippen molar-refractivity contribution in [3.63, 3.8) is 0 Å². The summed E-state index contributed by atoms with van der Waals surface area (Å²) < 4.78 is 1.80. The molecule has 1 aliphatic heterocycles. The third-order valence-corrected chi connectivity index (χ3v) is 4.83. The topological polar surface area (TPSA) is 75.4 Å². The number of likely N-dealkylation sites (tertiary alicyclic amines) is 1. The van der Waals surface area contributed by atoms with Gasteiger partial charge in [-0.05, 0) is 38.0 Å². The molecule has 0 spiro atoms. The van der Waals surface area contributed by atoms with Crippen LogP contribution in [0.15, 0.2) is 6.20 Å². The molecule has 2 atom stereocenters. The summed E-state index contributed by atoms with van der Waals surface area (Å²) in [4.78, 5) is 25.9. The van der Waals surface area contributed by atoms with Gasteiger partial charge in [-0.2, -0.15) is 5.10 Å². The molecule has 1 saturated carbocycles. The highest BCUT2D eigenvalue weighted by atomic mass is 16.4. The fourth-order valence-corrected chi connectivity index (χ4v) is 3.50. The lowest BCUT2D eigenvalue weighted by Gasteiger charge is -2.15. The minimum Gasteiger partial charge on any atom is -0.481 e. The van der Waals surface area contributed by atoms with E-state index in [1.807, 2.05) is 6.92 Å². The molecular weight excluding hydrogens is 282 g/mol. The summed E-state index contributed by atoms with van der Waals surface area (Å²) in [6.45, 7) is 5.59. The van der Waals surface area contributed by atoms with Gasteiger partial charge in [0.25, 0.3) is 5.91 Å². The van der Waals surface area contributed by atoms with E-state index < -0.39 is 11.9 Å². The Morgan fingerprint density at radius 1 is 1.36 bits per heavy atom. The molecule has 0 aromatic carbocycles. The Morgan fingerprint density at radius 2 is 2.09 bits per heavy atom. The summed E-state index contributed by atoms with van der Waals surface area (Å²) in [7, 11) is 0. The molecule has 1 saturated heterocycles. The third kappa shape index (κ3) is 2.74. The molecular formula is C16H23N3O3. The van der Waals surface area contributed by atoms with E-state index in [-0.39, 0.29) is 11.8 Å². The van der Waals surface area contributed by atoms with Crippen LogP contribution in [-0.2, 0) is 11.3 Å². The largest absolute Gasteiger partial charge is 0.481 e. The molecule has 1 amide bonds. The van der Waals surface area contributed by atoms with Gasteiger partial charge in [-0.15, -0.1) is 0 Å². The van der Waals surface area contributed by atoms with Crippen LogP contribution in [0.5, 0.6) is 0 Å². The van der Waals surface area contributed by atoms with Gasteiger partial charge in [0.15, 0.2) is 0 Å². The maximum absolute atomic E-state index is 12.7. The molecule has 120 valence electrons. The van der Waals surface area contributed by atoms with Gasteiger partial charge in [0.2, 0.25) is 0 Å². The first-order valence-electron chi connectivity index (χ1n) is 8.07. The van der Waals surface area contributed by atoms with E-state index in [0.29, 0.717) is 24.6 Å². The van der Waals surface area contributed by atoms with E-state index in [9.17, 15) is 14.7 Å². The second-order valence-corrected chi connectivity index (χ2v) is 6.55. The number of carbonyl (C=O) groups is 2. The Labute approximate surface area is 130 Å². The minimum atomic E-state index is -0.773. The molecule has 0 bridgehead atoms. The van der Waals surface area contributed by atoms with Gasteiger partial charge in [0.1, 0.15) is 0 Å². The zero-order valence-electron chi connectivity index (χ0n) is 13.2. The highest BCUT2D eigenvalue weighted by Gasteiger charge is 2.47. The Balaban J connectivity index is 1.76. The molecule has 2 aliphatic rings. The van der Waals surface area contributed by atoms with Crippen molar-refractivity contribution >= 4 is 11.9 Å². The average Bonchev–Trinajstić information content (AvgIpc) is 3.10. The molecule has 1 aliphatic carbocycles. The molecule has 1 N–H and O–H groups in total. The summed E-state index contributed by atoms with van der Waals surface area (Å²) in [5.74, 6) is -0.655. The molecule has 1 aromatic heterocycles. The van der Waals surface area contributed by atoms with Crippen molar-refractivity contribution in [2.24, 2.45) is 17.8 Å². The first kappa shape index (κ1) is 15.1. The molecule has 0 radical (unpaired) electrons. The average molecular weight is 305 g/mol. The first-order valence-corrected chi connectivity index (χ1v) is 8.07. The van der Waals surface area contributed by atoms with Crippen LogP contribution in [0.3, 0.4) is 0 Å². The summed E-state index contributed by atoms with van der Waals surface area (Å²) in [6, 6.07) is 0. The lowest BCUT2D eigenvalue weighted by Crippen LogP contribution is -2.30. The standard InChI is InChI=1S/C16H23N3O3/c1-3-6-19-9-12(10(2)17-19)15(20)18-7-13(11-4-5-11)14(8-18)16(21)22/h9,11,13-14H,3-8H2,1-2H3,(H,21,22). The number of carboxylic acid groups (broad SMARTS) is 1. The molecule has 6 heteroatoms. The van der Waals surface area contributed by atoms with E-state index in [0.717, 1.165) is 31.5 Å². The lowest BCUT2D eigenvalue weighted by atomic mass is 9.92. The van der Waals surface area contributed by atoms with Crippen molar-refractivity contribution < 1.29 is 14.7 Å². The number of rotatable bonds is 5. The Kier molecular flexibility index (Phi) is 3.93. The van der Waals surface area contributed by atoms with Gasteiger partial charge in [-0.3, -0.25) is 14.3 Å². The van der Waals surface area contributed by atoms with Crippen LogP contribution in [0.1, 0.15) is 42.2 Å². The van der Waals surface area contributed by atoms with Crippen molar-refractivity contribution in [3.8, 4) is 0 Å². The Morgan fingerprint density at radius 3 is 2.68 bits per heavy atom. The van der Waals surface area contributed by atoms with Gasteiger partial charge >= 0.3 is 5.97 Å². The van der Waals surface area contributed by atoms with E-state index in [1.165, 1.54) is 0 Å². The number of aryl methyl sites for hydroxylation is 2. The fourth-order valence-electron chi connectivity index (χ4n) is 3.50. The van der Waals surface area contributed by atoms with Crippen LogP contribution in [0, 0.1) is 24.7 Å². The van der Waals surface area contributed by atoms with Crippen molar-refractivity contribution in [2.45, 2.75) is 39.7 Å². The van der Waals surface area contributed by atoms with Gasteiger partial charge in [-0.25, -0.2) is 0 Å². The van der Waals surface area contributed by atoms with Crippen molar-refractivity contribution in [1.82, 2.24) is 14.7 Å². The highest BCUT2D eigenvalue weighted by Crippen LogP contribution is 2.44. The number of hydrogen-bond acceptors (Lipinski definition) is 3.